The zero-order valence-electron chi connectivity index (χ0n) is 18.5. The molecule has 0 bridgehead atoms. The molecule has 0 N–H and O–H groups in total. The summed E-state index contributed by atoms with van der Waals surface area (Å²) in [4.78, 5) is 40.0. The molecule has 3 rings (SSSR count). The molecule has 0 saturated heterocycles. The fourth-order valence-corrected chi connectivity index (χ4v) is 4.35. The Morgan fingerprint density at radius 3 is 1.06 bits per heavy atom. The van der Waals surface area contributed by atoms with Gasteiger partial charge in [0.15, 0.2) is 0 Å². The Balaban J connectivity index is -0.000000744. The van der Waals surface area contributed by atoms with Gasteiger partial charge in [-0.25, -0.2) is 0 Å². The van der Waals surface area contributed by atoms with Gasteiger partial charge in [0.2, 0.25) is 0 Å². The first-order valence-electron chi connectivity index (χ1n) is 9.01. The zero-order chi connectivity index (χ0) is 25.5. The van der Waals surface area contributed by atoms with Crippen LogP contribution in [0.25, 0.3) is 0 Å². The van der Waals surface area contributed by atoms with Gasteiger partial charge >= 0.3 is 142 Å². The average Bonchev–Trinajstić information content (AvgIpc) is 3.31. The van der Waals surface area contributed by atoms with E-state index in [1.165, 1.54) is 34.3 Å². The molecule has 0 saturated carbocycles. The molecule has 7 nitrogen and oxygen atoms in total. The van der Waals surface area contributed by atoms with Gasteiger partial charge in [-0.2, -0.15) is 0 Å². The third kappa shape index (κ3) is 10.1. The van der Waals surface area contributed by atoms with E-state index in [0.29, 0.717) is 12.1 Å². The number of aromatic nitrogens is 2. The SMILES string of the molecule is C=O.C=O.C=O.C=O.C=O.C[C@@H](c1ccccc1)n1ccn([C@@H](C)c2ccccc2)[c]1=[W]. The van der Waals surface area contributed by atoms with Crippen molar-refractivity contribution >= 4 is 33.9 Å². The Bertz CT molecular complexity index is 807. The second kappa shape index (κ2) is 22.4. The summed E-state index contributed by atoms with van der Waals surface area (Å²) in [5, 5.41) is 0. The summed E-state index contributed by atoms with van der Waals surface area (Å²) in [6, 6.07) is 22.1. The van der Waals surface area contributed by atoms with E-state index in [1.807, 2.05) is 33.9 Å². The van der Waals surface area contributed by atoms with Crippen LogP contribution in [0.5, 0.6) is 0 Å². The van der Waals surface area contributed by atoms with Crippen molar-refractivity contribution in [2.45, 2.75) is 25.9 Å². The molecule has 172 valence electrons. The average molecular weight is 610 g/mol. The van der Waals surface area contributed by atoms with Crippen molar-refractivity contribution in [1.29, 1.82) is 0 Å². The maximum absolute atomic E-state index is 8.00. The van der Waals surface area contributed by atoms with Gasteiger partial charge in [0.25, 0.3) is 0 Å². The summed E-state index contributed by atoms with van der Waals surface area (Å²) in [6.07, 6.45) is 4.42. The van der Waals surface area contributed by atoms with Crippen LogP contribution in [0.1, 0.15) is 37.1 Å². The van der Waals surface area contributed by atoms with Gasteiger partial charge in [-0.1, -0.05) is 0 Å². The molecule has 2 aromatic carbocycles. The third-order valence-electron chi connectivity index (χ3n) is 4.23. The second-order valence-electron chi connectivity index (χ2n) is 5.57. The van der Waals surface area contributed by atoms with Crippen LogP contribution >= 0.6 is 0 Å². The summed E-state index contributed by atoms with van der Waals surface area (Å²) in [5.74, 6) is 0. The van der Waals surface area contributed by atoms with Crippen LogP contribution < -0.4 is 0 Å². The van der Waals surface area contributed by atoms with Crippen molar-refractivity contribution in [3.63, 3.8) is 0 Å². The molecular formula is C24H30N2O5W. The number of carbonyl (C=O) groups excluding carboxylic acids is 5. The van der Waals surface area contributed by atoms with Gasteiger partial charge in [0.05, 0.1) is 0 Å². The minimum atomic E-state index is 0.359. The second-order valence-corrected chi connectivity index (χ2v) is 6.88. The van der Waals surface area contributed by atoms with E-state index in [0.717, 1.165) is 0 Å². The first-order valence-corrected chi connectivity index (χ1v) is 10.5. The molecule has 0 aliphatic carbocycles. The Labute approximate surface area is 200 Å². The van der Waals surface area contributed by atoms with Gasteiger partial charge in [-0.3, -0.25) is 0 Å². The molecule has 8 heteroatoms. The molecule has 0 amide bonds. The van der Waals surface area contributed by atoms with E-state index >= 15 is 0 Å². The summed E-state index contributed by atoms with van der Waals surface area (Å²) in [7, 11) is 0. The molecule has 32 heavy (non-hydrogen) atoms. The predicted molar refractivity (Wildman–Crippen MR) is 122 cm³/mol. The molecule has 3 aromatic rings. The first kappa shape index (κ1) is 33.3. The normalized spacial score (nSPS) is 10.1. The molecule has 0 aliphatic rings. The van der Waals surface area contributed by atoms with Crippen LogP contribution in [0.3, 0.4) is 0 Å². The van der Waals surface area contributed by atoms with Crippen LogP contribution in [-0.2, 0) is 43.3 Å². The summed E-state index contributed by atoms with van der Waals surface area (Å²) < 4.78 is 6.11. The Hall–Kier alpha value is -3.31. The van der Waals surface area contributed by atoms with Crippen molar-refractivity contribution in [3.05, 3.63) is 88.0 Å². The van der Waals surface area contributed by atoms with Crippen molar-refractivity contribution in [2.24, 2.45) is 0 Å². The van der Waals surface area contributed by atoms with Crippen LogP contribution in [0.15, 0.2) is 73.1 Å². The topological polar surface area (TPSA) is 95.2 Å². The van der Waals surface area contributed by atoms with Crippen LogP contribution in [0.2, 0.25) is 0 Å². The van der Waals surface area contributed by atoms with E-state index in [9.17, 15) is 0 Å². The molecule has 2 atom stereocenters. The predicted octanol–water partition coefficient (Wildman–Crippen LogP) is 3.66. The fraction of sp³-hybridized carbons (Fsp3) is 0.167. The van der Waals surface area contributed by atoms with E-state index in [1.54, 1.807) is 0 Å². The number of hydrogen-bond acceptors (Lipinski definition) is 5. The number of rotatable bonds is 4. The Morgan fingerprint density at radius 1 is 0.562 bits per heavy atom. The fourth-order valence-electron chi connectivity index (χ4n) is 2.78. The monoisotopic (exact) mass is 610 g/mol. The van der Waals surface area contributed by atoms with E-state index in [-0.39, 0.29) is 0 Å². The Morgan fingerprint density at radius 2 is 0.812 bits per heavy atom. The zero-order valence-corrected chi connectivity index (χ0v) is 21.4. The van der Waals surface area contributed by atoms with E-state index < -0.39 is 0 Å². The summed E-state index contributed by atoms with van der Waals surface area (Å²) >= 11 is 1.49. The number of nitrogens with zero attached hydrogens (tertiary/aromatic N) is 2. The van der Waals surface area contributed by atoms with E-state index in [2.05, 4.69) is 96.0 Å². The molecule has 0 radical (unpaired) electrons. The van der Waals surface area contributed by atoms with Crippen LogP contribution in [-0.4, -0.2) is 43.1 Å². The standard InChI is InChI=1S/C19H20N2.5CH2O.W/c1-16(18-9-5-3-6-10-18)20-13-14-21(15-20)17(2)19-11-7-4-8-12-19;5*1-2;/h3-14,16-17H,1-2H3;5*1H2;/t16-,17-;;;;;;/m0....../s1. The first-order chi connectivity index (χ1) is 15.7. The van der Waals surface area contributed by atoms with Gasteiger partial charge < -0.3 is 24.0 Å². The maximum atomic E-state index is 8.00. The molecule has 0 fully saturated rings. The van der Waals surface area contributed by atoms with Crippen LogP contribution in [0.4, 0.5) is 0 Å². The minimum absolute atomic E-state index is 0.359. The molecular weight excluding hydrogens is 580 g/mol. The molecule has 0 aliphatic heterocycles. The molecule has 1 heterocycles. The quantitative estimate of drug-likeness (QED) is 0.450. The van der Waals surface area contributed by atoms with Gasteiger partial charge in [0, 0.05) is 0 Å². The van der Waals surface area contributed by atoms with Gasteiger partial charge in [-0.05, 0) is 0 Å². The van der Waals surface area contributed by atoms with Gasteiger partial charge in [0.1, 0.15) is 33.9 Å². The number of carbonyl (C=O) groups is 5. The summed E-state index contributed by atoms with van der Waals surface area (Å²) in [5.41, 5.74) is 2.69. The van der Waals surface area contributed by atoms with E-state index in [4.69, 9.17) is 24.0 Å². The van der Waals surface area contributed by atoms with Crippen molar-refractivity contribution in [3.8, 4) is 0 Å². The van der Waals surface area contributed by atoms with Gasteiger partial charge in [-0.15, -0.1) is 0 Å². The third-order valence-corrected chi connectivity index (χ3v) is 5.74. The Kier molecular flexibility index (Phi) is 23.3. The molecule has 1 aromatic heterocycles. The number of hydrogen-bond donors (Lipinski definition) is 0. The van der Waals surface area contributed by atoms with Crippen molar-refractivity contribution in [2.75, 3.05) is 0 Å². The van der Waals surface area contributed by atoms with Crippen molar-refractivity contribution in [1.82, 2.24) is 9.13 Å². The summed E-state index contributed by atoms with van der Waals surface area (Å²) in [6.45, 7) is 14.5. The number of imidazole rings is 1. The molecule has 0 spiro atoms. The number of benzene rings is 2. The van der Waals surface area contributed by atoms with Crippen LogP contribution in [0, 0.1) is 3.80 Å². The van der Waals surface area contributed by atoms with Crippen molar-refractivity contribution < 1.29 is 43.3 Å². The molecule has 0 unspecified atom stereocenters.